The van der Waals surface area contributed by atoms with Gasteiger partial charge in [0, 0.05) is 21.5 Å². The minimum absolute atomic E-state index is 0.245. The normalized spacial score (nSPS) is 11.6. The number of hydrogen-bond acceptors (Lipinski definition) is 4. The van der Waals surface area contributed by atoms with Crippen LogP contribution >= 0.6 is 0 Å². The largest absolute Gasteiger partial charge is 0.433 e. The molecule has 0 bridgehead atoms. The van der Waals surface area contributed by atoms with Crippen molar-refractivity contribution in [3.05, 3.63) is 108 Å². The third-order valence-electron chi connectivity index (χ3n) is 7.28. The molecule has 0 radical (unpaired) electrons. The molecule has 0 N–H and O–H groups in total. The van der Waals surface area contributed by atoms with Gasteiger partial charge in [-0.25, -0.2) is 0 Å². The average Bonchev–Trinajstić information content (AvgIpc) is 3.68. The Morgan fingerprint density at radius 2 is 0.737 bits per heavy atom. The van der Waals surface area contributed by atoms with Crippen molar-refractivity contribution in [3.63, 3.8) is 0 Å². The molecule has 176 valence electrons. The highest BCUT2D eigenvalue weighted by atomic mass is 16.4. The van der Waals surface area contributed by atoms with Crippen molar-refractivity contribution < 1.29 is 8.83 Å². The lowest BCUT2D eigenvalue weighted by molar-refractivity contribution is 0.586. The Hall–Kier alpha value is -5.72. The van der Waals surface area contributed by atoms with Gasteiger partial charge in [0.15, 0.2) is 22.3 Å². The molecule has 0 amide bonds. The number of rotatable bonds is 2. The molecule has 0 aliphatic rings. The van der Waals surface area contributed by atoms with Gasteiger partial charge < -0.3 is 8.83 Å². The van der Waals surface area contributed by atoms with E-state index in [0.717, 1.165) is 43.6 Å². The summed E-state index contributed by atoms with van der Waals surface area (Å²) in [5.41, 5.74) is 4.64. The third-order valence-corrected chi connectivity index (χ3v) is 7.28. The van der Waals surface area contributed by atoms with E-state index in [1.165, 1.54) is 0 Å². The minimum Gasteiger partial charge on any atom is -0.433 e. The summed E-state index contributed by atoms with van der Waals surface area (Å²) in [6.07, 6.45) is 0. The topological polar surface area (TPSA) is 83.7 Å². The number of fused-ring (bicyclic) bond motifs is 7. The second-order valence-corrected chi connectivity index (χ2v) is 9.19. The van der Waals surface area contributed by atoms with Crippen LogP contribution < -0.4 is 0 Å². The first kappa shape index (κ1) is 20.5. The lowest BCUT2D eigenvalue weighted by Crippen LogP contribution is -1.96. The number of furan rings is 2. The molecule has 0 aliphatic carbocycles. The van der Waals surface area contributed by atoms with Gasteiger partial charge in [-0.15, -0.1) is 0 Å². The van der Waals surface area contributed by atoms with E-state index < -0.39 is 0 Å². The maximum absolute atomic E-state index is 10.3. The molecule has 4 aromatic heterocycles. The number of nitriles is 2. The lowest BCUT2D eigenvalue weighted by Gasteiger charge is -2.06. The van der Waals surface area contributed by atoms with E-state index >= 15 is 0 Å². The van der Waals surface area contributed by atoms with Crippen LogP contribution in [0.15, 0.2) is 106 Å². The van der Waals surface area contributed by atoms with E-state index in [2.05, 4.69) is 12.1 Å². The predicted molar refractivity (Wildman–Crippen MR) is 147 cm³/mol. The molecular formula is C32H16N4O2. The average molecular weight is 489 g/mol. The predicted octanol–water partition coefficient (Wildman–Crippen LogP) is 7.96. The Labute approximate surface area is 215 Å². The fourth-order valence-corrected chi connectivity index (χ4v) is 5.71. The second-order valence-electron chi connectivity index (χ2n) is 9.19. The van der Waals surface area contributed by atoms with Crippen LogP contribution in [0, 0.1) is 22.7 Å². The molecule has 8 aromatic rings. The molecule has 0 fully saturated rings. The van der Waals surface area contributed by atoms with E-state index in [0.29, 0.717) is 11.8 Å². The van der Waals surface area contributed by atoms with Gasteiger partial charge in [0.1, 0.15) is 12.1 Å². The van der Waals surface area contributed by atoms with Crippen LogP contribution in [0.4, 0.5) is 0 Å². The van der Waals surface area contributed by atoms with E-state index in [-0.39, 0.29) is 22.3 Å². The van der Waals surface area contributed by atoms with Crippen LogP contribution in [-0.2, 0) is 0 Å². The molecule has 6 heteroatoms. The SMILES string of the molecule is N#Cc1c(-n2c3ccccc3c3ccccc32)oc2c(C#N)c(-n3c4ccccc4c4ccccc43)oc12. The highest BCUT2D eigenvalue weighted by Crippen LogP contribution is 2.42. The summed E-state index contributed by atoms with van der Waals surface area (Å²) in [6.45, 7) is 0. The summed E-state index contributed by atoms with van der Waals surface area (Å²) in [7, 11) is 0. The summed E-state index contributed by atoms with van der Waals surface area (Å²) in [4.78, 5) is 0. The van der Waals surface area contributed by atoms with Crippen molar-refractivity contribution >= 4 is 54.8 Å². The van der Waals surface area contributed by atoms with E-state index in [4.69, 9.17) is 8.83 Å². The molecule has 6 nitrogen and oxygen atoms in total. The zero-order chi connectivity index (χ0) is 25.4. The molecule has 0 unspecified atom stereocenters. The van der Waals surface area contributed by atoms with Crippen LogP contribution in [-0.4, -0.2) is 9.13 Å². The number of para-hydroxylation sites is 4. The van der Waals surface area contributed by atoms with E-state index in [1.807, 2.05) is 106 Å². The zero-order valence-corrected chi connectivity index (χ0v) is 19.8. The van der Waals surface area contributed by atoms with Crippen molar-refractivity contribution in [2.24, 2.45) is 0 Å². The van der Waals surface area contributed by atoms with Gasteiger partial charge in [-0.3, -0.25) is 9.13 Å². The summed E-state index contributed by atoms with van der Waals surface area (Å²) in [5, 5.41) is 24.8. The Kier molecular flexibility index (Phi) is 3.98. The molecule has 38 heavy (non-hydrogen) atoms. The summed E-state index contributed by atoms with van der Waals surface area (Å²) in [5.74, 6) is 0.674. The molecular weight excluding hydrogens is 472 g/mol. The molecule has 8 rings (SSSR count). The molecule has 0 spiro atoms. The van der Waals surface area contributed by atoms with Gasteiger partial charge in [-0.05, 0) is 24.3 Å². The van der Waals surface area contributed by atoms with Gasteiger partial charge in [-0.1, -0.05) is 72.8 Å². The number of benzene rings is 4. The van der Waals surface area contributed by atoms with Crippen LogP contribution in [0.2, 0.25) is 0 Å². The molecule has 4 heterocycles. The van der Waals surface area contributed by atoms with Gasteiger partial charge in [-0.2, -0.15) is 10.5 Å². The van der Waals surface area contributed by atoms with Crippen LogP contribution in [0.5, 0.6) is 0 Å². The maximum Gasteiger partial charge on any atom is 0.227 e. The van der Waals surface area contributed by atoms with Crippen LogP contribution in [0.25, 0.3) is 66.5 Å². The van der Waals surface area contributed by atoms with Gasteiger partial charge in [0.05, 0.1) is 22.1 Å². The maximum atomic E-state index is 10.3. The molecule has 0 atom stereocenters. The summed E-state index contributed by atoms with van der Waals surface area (Å²) >= 11 is 0. The Balaban J connectivity index is 1.48. The Morgan fingerprint density at radius 1 is 0.447 bits per heavy atom. The van der Waals surface area contributed by atoms with Crippen molar-refractivity contribution in [1.82, 2.24) is 9.13 Å². The van der Waals surface area contributed by atoms with Crippen molar-refractivity contribution in [2.75, 3.05) is 0 Å². The monoisotopic (exact) mass is 488 g/mol. The quantitative estimate of drug-likeness (QED) is 0.247. The lowest BCUT2D eigenvalue weighted by atomic mass is 10.2. The van der Waals surface area contributed by atoms with E-state index in [1.54, 1.807) is 0 Å². The summed E-state index contributed by atoms with van der Waals surface area (Å²) < 4.78 is 16.6. The zero-order valence-electron chi connectivity index (χ0n) is 19.8. The summed E-state index contributed by atoms with van der Waals surface area (Å²) in [6, 6.07) is 36.6. The Morgan fingerprint density at radius 3 is 1.03 bits per heavy atom. The van der Waals surface area contributed by atoms with Crippen LogP contribution in [0.1, 0.15) is 11.1 Å². The van der Waals surface area contributed by atoms with Gasteiger partial charge in [0.2, 0.25) is 11.8 Å². The number of aromatic nitrogens is 2. The Bertz CT molecular complexity index is 2060. The van der Waals surface area contributed by atoms with Gasteiger partial charge in [0.25, 0.3) is 0 Å². The molecule has 0 saturated heterocycles. The fourth-order valence-electron chi connectivity index (χ4n) is 5.71. The highest BCUT2D eigenvalue weighted by molar-refractivity contribution is 6.11. The van der Waals surface area contributed by atoms with Crippen molar-refractivity contribution in [3.8, 4) is 23.9 Å². The smallest absolute Gasteiger partial charge is 0.227 e. The first-order chi connectivity index (χ1) is 18.8. The minimum atomic E-state index is 0.245. The fraction of sp³-hybridized carbons (Fsp3) is 0. The number of hydrogen-bond donors (Lipinski definition) is 0. The first-order valence-corrected chi connectivity index (χ1v) is 12.2. The van der Waals surface area contributed by atoms with Crippen molar-refractivity contribution in [1.29, 1.82) is 10.5 Å². The van der Waals surface area contributed by atoms with E-state index in [9.17, 15) is 10.5 Å². The third kappa shape index (κ3) is 2.48. The molecule has 0 saturated carbocycles. The first-order valence-electron chi connectivity index (χ1n) is 12.2. The van der Waals surface area contributed by atoms with Crippen molar-refractivity contribution in [2.45, 2.75) is 0 Å². The number of nitrogens with zero attached hydrogens (tertiary/aromatic N) is 4. The molecule has 0 aliphatic heterocycles. The van der Waals surface area contributed by atoms with Crippen LogP contribution in [0.3, 0.4) is 0 Å². The second kappa shape index (κ2) is 7.39. The van der Waals surface area contributed by atoms with Gasteiger partial charge >= 0.3 is 0 Å². The highest BCUT2D eigenvalue weighted by Gasteiger charge is 2.29. The molecule has 4 aromatic carbocycles. The standard InChI is InChI=1S/C32H16N4O2/c33-17-23-29-30(37-31(23)35-25-13-5-1-9-19(25)20-10-2-6-14-26(20)35)24(18-34)32(38-29)36-27-15-7-3-11-21(27)22-12-4-8-16-28(22)36/h1-16H.